The zero-order chi connectivity index (χ0) is 31.6. The number of hydrogen-bond donors (Lipinski definition) is 1. The van der Waals surface area contributed by atoms with Crippen molar-refractivity contribution in [1.29, 1.82) is 0 Å². The summed E-state index contributed by atoms with van der Waals surface area (Å²) in [6, 6.07) is 21.1. The van der Waals surface area contributed by atoms with Gasteiger partial charge in [-0.2, -0.15) is 0 Å². The first-order chi connectivity index (χ1) is 20.4. The van der Waals surface area contributed by atoms with Crippen LogP contribution in [0.1, 0.15) is 56.7 Å². The Morgan fingerprint density at radius 3 is 2.19 bits per heavy atom. The van der Waals surface area contributed by atoms with Crippen LogP contribution < -0.4 is 9.62 Å². The standard InChI is InChI=1S/C33H41Cl2N3O4S/c1-5-24(3)36-33(40)31(21-26-11-8-7-9-12-26)37(23-27-16-17-28(34)22-30(27)35)32(39)13-10-20-38(43(4,41)42)29-18-14-25(6-2)15-19-29/h7-9,11-12,14-19,22,24,31H,5-6,10,13,20-21,23H2,1-4H3,(H,36,40)/t24-,31+/m1/s1. The van der Waals surface area contributed by atoms with Crippen LogP contribution in [0.3, 0.4) is 0 Å². The van der Waals surface area contributed by atoms with Crippen LogP contribution in [0.25, 0.3) is 0 Å². The summed E-state index contributed by atoms with van der Waals surface area (Å²) in [5.41, 5.74) is 3.21. The maximum atomic E-state index is 14.0. The maximum Gasteiger partial charge on any atom is 0.243 e. The van der Waals surface area contributed by atoms with E-state index in [9.17, 15) is 18.0 Å². The Kier molecular flexibility index (Phi) is 12.9. The second-order valence-corrected chi connectivity index (χ2v) is 13.5. The largest absolute Gasteiger partial charge is 0.352 e. The lowest BCUT2D eigenvalue weighted by molar-refractivity contribution is -0.141. The Labute approximate surface area is 266 Å². The van der Waals surface area contributed by atoms with E-state index in [4.69, 9.17) is 23.2 Å². The number of amides is 2. The summed E-state index contributed by atoms with van der Waals surface area (Å²) in [6.45, 7) is 6.15. The number of rotatable bonds is 15. The van der Waals surface area contributed by atoms with Gasteiger partial charge in [0.25, 0.3) is 0 Å². The fourth-order valence-corrected chi connectivity index (χ4v) is 6.16. The van der Waals surface area contributed by atoms with Gasteiger partial charge in [0.15, 0.2) is 0 Å². The second kappa shape index (κ2) is 16.1. The van der Waals surface area contributed by atoms with Gasteiger partial charge in [-0.05, 0) is 67.1 Å². The number of halogens is 2. The predicted molar refractivity (Wildman–Crippen MR) is 176 cm³/mol. The summed E-state index contributed by atoms with van der Waals surface area (Å²) in [4.78, 5) is 29.2. The zero-order valence-electron chi connectivity index (χ0n) is 25.2. The summed E-state index contributed by atoms with van der Waals surface area (Å²) >= 11 is 12.6. The quantitative estimate of drug-likeness (QED) is 0.200. The van der Waals surface area contributed by atoms with E-state index in [1.54, 1.807) is 35.2 Å². The fourth-order valence-electron chi connectivity index (χ4n) is 4.73. The number of nitrogens with one attached hydrogen (secondary N) is 1. The van der Waals surface area contributed by atoms with E-state index < -0.39 is 16.1 Å². The van der Waals surface area contributed by atoms with Gasteiger partial charge in [0, 0.05) is 42.0 Å². The Bertz CT molecular complexity index is 1470. The van der Waals surface area contributed by atoms with Crippen LogP contribution in [0.4, 0.5) is 5.69 Å². The van der Waals surface area contributed by atoms with E-state index in [1.807, 2.05) is 63.2 Å². The monoisotopic (exact) mass is 645 g/mol. The van der Waals surface area contributed by atoms with Gasteiger partial charge in [0.05, 0.1) is 11.9 Å². The highest BCUT2D eigenvalue weighted by Gasteiger charge is 2.31. The zero-order valence-corrected chi connectivity index (χ0v) is 27.6. The van der Waals surface area contributed by atoms with Crippen LogP contribution in [0.15, 0.2) is 72.8 Å². The van der Waals surface area contributed by atoms with E-state index in [2.05, 4.69) is 5.32 Å². The number of anilines is 1. The first-order valence-electron chi connectivity index (χ1n) is 14.6. The SMILES string of the molecule is CCc1ccc(N(CCCC(=O)N(Cc2ccc(Cl)cc2Cl)[C@@H](Cc2ccccc2)C(=O)N[C@H](C)CC)S(C)(=O)=O)cc1. The highest BCUT2D eigenvalue weighted by molar-refractivity contribution is 7.92. The number of aryl methyl sites for hydroxylation is 1. The number of hydrogen-bond acceptors (Lipinski definition) is 4. The highest BCUT2D eigenvalue weighted by atomic mass is 35.5. The van der Waals surface area contributed by atoms with Crippen molar-refractivity contribution < 1.29 is 18.0 Å². The molecule has 0 aliphatic carbocycles. The molecule has 0 unspecified atom stereocenters. The van der Waals surface area contributed by atoms with Crippen LogP contribution in [-0.2, 0) is 39.0 Å². The molecular weight excluding hydrogens is 605 g/mol. The van der Waals surface area contributed by atoms with Crippen LogP contribution >= 0.6 is 23.2 Å². The molecule has 3 rings (SSSR count). The topological polar surface area (TPSA) is 86.8 Å². The minimum Gasteiger partial charge on any atom is -0.352 e. The van der Waals surface area contributed by atoms with Gasteiger partial charge in [-0.25, -0.2) is 8.42 Å². The van der Waals surface area contributed by atoms with E-state index in [0.29, 0.717) is 27.7 Å². The average molecular weight is 647 g/mol. The molecule has 1 N–H and O–H groups in total. The summed E-state index contributed by atoms with van der Waals surface area (Å²) in [6.07, 6.45) is 3.34. The molecule has 2 atom stereocenters. The molecule has 0 aliphatic heterocycles. The van der Waals surface area contributed by atoms with Crippen molar-refractivity contribution >= 4 is 50.7 Å². The van der Waals surface area contributed by atoms with Gasteiger partial charge in [-0.3, -0.25) is 13.9 Å². The van der Waals surface area contributed by atoms with Crippen molar-refractivity contribution in [3.8, 4) is 0 Å². The molecule has 0 aromatic heterocycles. The van der Waals surface area contributed by atoms with E-state index in [-0.39, 0.29) is 43.8 Å². The van der Waals surface area contributed by atoms with Crippen molar-refractivity contribution in [2.75, 3.05) is 17.1 Å². The van der Waals surface area contributed by atoms with Crippen molar-refractivity contribution in [1.82, 2.24) is 10.2 Å². The van der Waals surface area contributed by atoms with Crippen molar-refractivity contribution in [3.05, 3.63) is 99.5 Å². The third-order valence-corrected chi connectivity index (χ3v) is 9.19. The molecule has 232 valence electrons. The highest BCUT2D eigenvalue weighted by Crippen LogP contribution is 2.25. The summed E-state index contributed by atoms with van der Waals surface area (Å²) in [7, 11) is -3.59. The predicted octanol–water partition coefficient (Wildman–Crippen LogP) is 6.66. The number of carbonyl (C=O) groups is 2. The molecule has 0 fully saturated rings. The lowest BCUT2D eigenvalue weighted by Gasteiger charge is -2.33. The minimum absolute atomic E-state index is 0.0339. The molecule has 43 heavy (non-hydrogen) atoms. The summed E-state index contributed by atoms with van der Waals surface area (Å²) in [5, 5.41) is 3.91. The molecule has 3 aromatic rings. The van der Waals surface area contributed by atoms with E-state index in [0.717, 1.165) is 30.2 Å². The molecule has 0 saturated carbocycles. The van der Waals surface area contributed by atoms with Gasteiger partial charge in [0.1, 0.15) is 6.04 Å². The van der Waals surface area contributed by atoms with Crippen molar-refractivity contribution in [2.45, 2.75) is 71.5 Å². The lowest BCUT2D eigenvalue weighted by Crippen LogP contribution is -2.52. The van der Waals surface area contributed by atoms with Gasteiger partial charge in [-0.15, -0.1) is 0 Å². The van der Waals surface area contributed by atoms with Crippen LogP contribution in [-0.4, -0.2) is 50.0 Å². The maximum absolute atomic E-state index is 14.0. The first kappa shape index (κ1) is 34.4. The molecule has 0 heterocycles. The Balaban J connectivity index is 1.91. The molecule has 2 amide bonds. The van der Waals surface area contributed by atoms with Gasteiger partial charge in [0.2, 0.25) is 21.8 Å². The number of nitrogens with zero attached hydrogens (tertiary/aromatic N) is 2. The first-order valence-corrected chi connectivity index (χ1v) is 17.2. The number of benzene rings is 3. The number of carbonyl (C=O) groups excluding carboxylic acids is 2. The summed E-state index contributed by atoms with van der Waals surface area (Å²) in [5.74, 6) is -0.536. The molecule has 0 aliphatic rings. The van der Waals surface area contributed by atoms with Crippen molar-refractivity contribution in [2.24, 2.45) is 0 Å². The lowest BCUT2D eigenvalue weighted by atomic mass is 10.0. The van der Waals surface area contributed by atoms with Crippen LogP contribution in [0.5, 0.6) is 0 Å². The molecule has 0 bridgehead atoms. The Morgan fingerprint density at radius 1 is 0.930 bits per heavy atom. The molecule has 10 heteroatoms. The van der Waals surface area contributed by atoms with Crippen LogP contribution in [0.2, 0.25) is 10.0 Å². The van der Waals surface area contributed by atoms with Crippen LogP contribution in [0, 0.1) is 0 Å². The minimum atomic E-state index is -3.59. The molecule has 0 radical (unpaired) electrons. The molecule has 0 saturated heterocycles. The van der Waals surface area contributed by atoms with E-state index >= 15 is 0 Å². The third-order valence-electron chi connectivity index (χ3n) is 7.41. The smallest absolute Gasteiger partial charge is 0.243 e. The fraction of sp³-hybridized carbons (Fsp3) is 0.394. The molecule has 7 nitrogen and oxygen atoms in total. The Morgan fingerprint density at radius 2 is 1.60 bits per heavy atom. The third kappa shape index (κ3) is 10.3. The second-order valence-electron chi connectivity index (χ2n) is 10.7. The Hall–Kier alpha value is -3.07. The van der Waals surface area contributed by atoms with Gasteiger partial charge >= 0.3 is 0 Å². The van der Waals surface area contributed by atoms with Crippen molar-refractivity contribution in [3.63, 3.8) is 0 Å². The molecule has 0 spiro atoms. The normalized spacial score (nSPS) is 12.8. The number of sulfonamides is 1. The average Bonchev–Trinajstić information content (AvgIpc) is 2.97. The molecular formula is C33H41Cl2N3O4S. The van der Waals surface area contributed by atoms with Gasteiger partial charge in [-0.1, -0.05) is 85.6 Å². The summed E-state index contributed by atoms with van der Waals surface area (Å²) < 4.78 is 26.7. The van der Waals surface area contributed by atoms with E-state index in [1.165, 1.54) is 4.31 Å². The molecule has 3 aromatic carbocycles. The van der Waals surface area contributed by atoms with Gasteiger partial charge < -0.3 is 10.2 Å².